The Bertz CT molecular complexity index is 363. The van der Waals surface area contributed by atoms with Crippen LogP contribution in [0.3, 0.4) is 0 Å². The van der Waals surface area contributed by atoms with Crippen molar-refractivity contribution in [1.29, 1.82) is 0 Å². The number of aromatic nitrogens is 2. The molecule has 1 amide bonds. The van der Waals surface area contributed by atoms with Crippen LogP contribution in [0, 0.1) is 0 Å². The van der Waals surface area contributed by atoms with E-state index in [-0.39, 0.29) is 0 Å². The summed E-state index contributed by atoms with van der Waals surface area (Å²) in [6.07, 6.45) is 6.59. The first-order chi connectivity index (χ1) is 6.15. The summed E-state index contributed by atoms with van der Waals surface area (Å²) < 4.78 is 1.70. The lowest BCUT2D eigenvalue weighted by atomic mass is 10.2. The summed E-state index contributed by atoms with van der Waals surface area (Å²) in [7, 11) is 0. The highest BCUT2D eigenvalue weighted by molar-refractivity contribution is 5.95. The largest absolute Gasteiger partial charge is 0.366 e. The third kappa shape index (κ3) is 2.05. The number of nitrogens with zero attached hydrogens (tertiary/aromatic N) is 2. The fourth-order valence-corrected chi connectivity index (χ4v) is 0.856. The van der Waals surface area contributed by atoms with E-state index < -0.39 is 5.91 Å². The van der Waals surface area contributed by atoms with Crippen LogP contribution in [-0.2, 0) is 4.79 Å². The van der Waals surface area contributed by atoms with Gasteiger partial charge < -0.3 is 10.3 Å². The molecule has 0 aliphatic carbocycles. The van der Waals surface area contributed by atoms with E-state index in [2.05, 4.69) is 11.6 Å². The molecule has 13 heavy (non-hydrogen) atoms. The SMILES string of the molecule is C=Cn1ccnc1/C=C(\C)C(N)=O. The molecule has 0 fully saturated rings. The Labute approximate surface area is 76.4 Å². The predicted molar refractivity (Wildman–Crippen MR) is 51.5 cm³/mol. The van der Waals surface area contributed by atoms with E-state index in [9.17, 15) is 4.79 Å². The molecule has 0 bridgehead atoms. The fourth-order valence-electron chi connectivity index (χ4n) is 0.856. The Kier molecular flexibility index (Phi) is 2.64. The second-order valence-electron chi connectivity index (χ2n) is 2.57. The first-order valence-electron chi connectivity index (χ1n) is 3.78. The Morgan fingerprint density at radius 3 is 3.00 bits per heavy atom. The molecule has 0 radical (unpaired) electrons. The minimum Gasteiger partial charge on any atom is -0.366 e. The summed E-state index contributed by atoms with van der Waals surface area (Å²) in [4.78, 5) is 14.7. The molecular weight excluding hydrogens is 166 g/mol. The van der Waals surface area contributed by atoms with Crippen molar-refractivity contribution in [1.82, 2.24) is 9.55 Å². The summed E-state index contributed by atoms with van der Waals surface area (Å²) in [5, 5.41) is 0. The number of nitrogens with two attached hydrogens (primary N) is 1. The van der Waals surface area contributed by atoms with Crippen LogP contribution >= 0.6 is 0 Å². The molecule has 4 heteroatoms. The first kappa shape index (κ1) is 9.25. The average molecular weight is 177 g/mol. The summed E-state index contributed by atoms with van der Waals surface area (Å²) in [5.74, 6) is 0.199. The van der Waals surface area contributed by atoms with E-state index in [1.54, 1.807) is 36.2 Å². The molecule has 2 N–H and O–H groups in total. The van der Waals surface area contributed by atoms with Gasteiger partial charge in [-0.05, 0) is 13.0 Å². The van der Waals surface area contributed by atoms with E-state index in [0.717, 1.165) is 0 Å². The van der Waals surface area contributed by atoms with Crippen LogP contribution in [0.2, 0.25) is 0 Å². The van der Waals surface area contributed by atoms with Gasteiger partial charge in [-0.15, -0.1) is 0 Å². The maximum Gasteiger partial charge on any atom is 0.244 e. The van der Waals surface area contributed by atoms with Crippen molar-refractivity contribution >= 4 is 18.2 Å². The number of rotatable bonds is 3. The lowest BCUT2D eigenvalue weighted by molar-refractivity contribution is -0.114. The summed E-state index contributed by atoms with van der Waals surface area (Å²) in [6.45, 7) is 5.24. The van der Waals surface area contributed by atoms with Gasteiger partial charge in [0.15, 0.2) is 0 Å². The van der Waals surface area contributed by atoms with Gasteiger partial charge in [-0.3, -0.25) is 4.79 Å². The van der Waals surface area contributed by atoms with Crippen molar-refractivity contribution in [2.45, 2.75) is 6.92 Å². The molecule has 0 spiro atoms. The Morgan fingerprint density at radius 1 is 1.77 bits per heavy atom. The van der Waals surface area contributed by atoms with E-state index in [1.165, 1.54) is 0 Å². The van der Waals surface area contributed by atoms with E-state index in [0.29, 0.717) is 11.4 Å². The lowest BCUT2D eigenvalue weighted by Gasteiger charge is -1.96. The quantitative estimate of drug-likeness (QED) is 0.696. The number of imidazole rings is 1. The molecule has 0 aromatic carbocycles. The number of carbonyl (C=O) groups is 1. The minimum atomic E-state index is -0.446. The van der Waals surface area contributed by atoms with Crippen molar-refractivity contribution in [2.75, 3.05) is 0 Å². The van der Waals surface area contributed by atoms with Gasteiger partial charge in [0.2, 0.25) is 5.91 Å². The molecule has 0 unspecified atom stereocenters. The van der Waals surface area contributed by atoms with Gasteiger partial charge in [-0.1, -0.05) is 6.58 Å². The van der Waals surface area contributed by atoms with Crippen LogP contribution in [0.25, 0.3) is 12.3 Å². The molecule has 0 aliphatic rings. The number of hydrogen-bond acceptors (Lipinski definition) is 2. The molecule has 1 heterocycles. The number of primary amides is 1. The maximum absolute atomic E-state index is 10.7. The highest BCUT2D eigenvalue weighted by atomic mass is 16.1. The van der Waals surface area contributed by atoms with Gasteiger partial charge in [0.1, 0.15) is 5.82 Å². The second kappa shape index (κ2) is 3.71. The van der Waals surface area contributed by atoms with E-state index in [1.807, 2.05) is 0 Å². The summed E-state index contributed by atoms with van der Waals surface area (Å²) in [6, 6.07) is 0. The molecule has 0 saturated heterocycles. The van der Waals surface area contributed by atoms with Crippen LogP contribution in [0.5, 0.6) is 0 Å². The van der Waals surface area contributed by atoms with Crippen molar-refractivity contribution in [3.8, 4) is 0 Å². The molecule has 0 atom stereocenters. The fraction of sp³-hybridized carbons (Fsp3) is 0.111. The first-order valence-corrected chi connectivity index (χ1v) is 3.78. The van der Waals surface area contributed by atoms with Crippen molar-refractivity contribution in [3.63, 3.8) is 0 Å². The highest BCUT2D eigenvalue weighted by Crippen LogP contribution is 2.04. The molecule has 1 aromatic heterocycles. The van der Waals surface area contributed by atoms with Crippen LogP contribution in [0.1, 0.15) is 12.7 Å². The zero-order valence-corrected chi connectivity index (χ0v) is 7.40. The van der Waals surface area contributed by atoms with Crippen LogP contribution in [-0.4, -0.2) is 15.5 Å². The molecule has 0 aliphatic heterocycles. The third-order valence-corrected chi connectivity index (χ3v) is 1.63. The molecular formula is C9H11N3O. The lowest BCUT2D eigenvalue weighted by Crippen LogP contribution is -2.11. The van der Waals surface area contributed by atoms with Crippen molar-refractivity contribution in [2.24, 2.45) is 5.73 Å². The molecule has 4 nitrogen and oxygen atoms in total. The number of amides is 1. The third-order valence-electron chi connectivity index (χ3n) is 1.63. The van der Waals surface area contributed by atoms with Crippen LogP contribution < -0.4 is 5.73 Å². The molecule has 1 rings (SSSR count). The smallest absolute Gasteiger partial charge is 0.244 e. The van der Waals surface area contributed by atoms with Gasteiger partial charge in [-0.2, -0.15) is 0 Å². The van der Waals surface area contributed by atoms with Gasteiger partial charge in [-0.25, -0.2) is 4.98 Å². The minimum absolute atomic E-state index is 0.446. The van der Waals surface area contributed by atoms with Gasteiger partial charge in [0.25, 0.3) is 0 Å². The Morgan fingerprint density at radius 2 is 2.46 bits per heavy atom. The average Bonchev–Trinajstić information content (AvgIpc) is 2.51. The molecule has 1 aromatic rings. The summed E-state index contributed by atoms with van der Waals surface area (Å²) in [5.41, 5.74) is 5.54. The monoisotopic (exact) mass is 177 g/mol. The standard InChI is InChI=1S/C9H11N3O/c1-3-12-5-4-11-8(12)6-7(2)9(10)13/h3-6H,1H2,2H3,(H2,10,13)/b7-6+. The second-order valence-corrected chi connectivity index (χ2v) is 2.57. The van der Waals surface area contributed by atoms with Crippen LogP contribution in [0.15, 0.2) is 24.5 Å². The predicted octanol–water partition coefficient (Wildman–Crippen LogP) is 0.872. The van der Waals surface area contributed by atoms with Gasteiger partial charge in [0.05, 0.1) is 0 Å². The van der Waals surface area contributed by atoms with Crippen molar-refractivity contribution in [3.05, 3.63) is 30.4 Å². The van der Waals surface area contributed by atoms with Crippen LogP contribution in [0.4, 0.5) is 0 Å². The Balaban J connectivity index is 3.03. The zero-order chi connectivity index (χ0) is 9.84. The van der Waals surface area contributed by atoms with E-state index >= 15 is 0 Å². The van der Waals surface area contributed by atoms with E-state index in [4.69, 9.17) is 5.73 Å². The zero-order valence-electron chi connectivity index (χ0n) is 7.40. The topological polar surface area (TPSA) is 60.9 Å². The summed E-state index contributed by atoms with van der Waals surface area (Å²) >= 11 is 0. The van der Waals surface area contributed by atoms with Crippen molar-refractivity contribution < 1.29 is 4.79 Å². The Hall–Kier alpha value is -1.84. The number of hydrogen-bond donors (Lipinski definition) is 1. The maximum atomic E-state index is 10.7. The highest BCUT2D eigenvalue weighted by Gasteiger charge is 2.00. The molecule has 68 valence electrons. The van der Waals surface area contributed by atoms with Gasteiger partial charge in [0, 0.05) is 24.2 Å². The molecule has 0 saturated carbocycles. The normalized spacial score (nSPS) is 11.3. The van der Waals surface area contributed by atoms with Gasteiger partial charge >= 0.3 is 0 Å². The number of carbonyl (C=O) groups excluding carboxylic acids is 1.